The zero-order valence-electron chi connectivity index (χ0n) is 14.8. The number of aliphatic imine (C=N–C) groups is 2. The van der Waals surface area contributed by atoms with Gasteiger partial charge < -0.3 is 20.1 Å². The van der Waals surface area contributed by atoms with Crippen molar-refractivity contribution in [2.45, 2.75) is 13.5 Å². The standard InChI is InChI=1S/C19H16ClFN4O2S/c1-11(22-9-12-2-5-16-17(6-12)27-10-26-16)8-23-18-25-19(28-18)24-13-3-4-15(21)14(20)7-13/h2-8,22H,9-10H2,1H3,(H,23,24,25). The highest BCUT2D eigenvalue weighted by Crippen LogP contribution is 2.32. The van der Waals surface area contributed by atoms with Gasteiger partial charge in [0.05, 0.1) is 5.02 Å². The van der Waals surface area contributed by atoms with Crippen LogP contribution in [0.15, 0.2) is 58.3 Å². The van der Waals surface area contributed by atoms with Gasteiger partial charge in [0, 0.05) is 24.1 Å². The molecule has 0 aromatic heterocycles. The number of nitrogens with one attached hydrogen (secondary N) is 2. The molecule has 0 radical (unpaired) electrons. The summed E-state index contributed by atoms with van der Waals surface area (Å²) >= 11 is 7.16. The molecule has 2 N–H and O–H groups in total. The number of hydrogen-bond donors (Lipinski definition) is 2. The van der Waals surface area contributed by atoms with Crippen LogP contribution in [0.25, 0.3) is 0 Å². The smallest absolute Gasteiger partial charge is 0.231 e. The third-order valence-electron chi connectivity index (χ3n) is 3.93. The summed E-state index contributed by atoms with van der Waals surface area (Å²) in [6.45, 7) is 2.86. The number of fused-ring (bicyclic) bond motifs is 1. The highest BCUT2D eigenvalue weighted by atomic mass is 35.5. The van der Waals surface area contributed by atoms with E-state index in [0.717, 1.165) is 22.8 Å². The Labute approximate surface area is 170 Å². The van der Waals surface area contributed by atoms with Crippen LogP contribution >= 0.6 is 23.4 Å². The highest BCUT2D eigenvalue weighted by molar-refractivity contribution is 8.29. The summed E-state index contributed by atoms with van der Waals surface area (Å²) < 4.78 is 23.8. The fourth-order valence-corrected chi connectivity index (χ4v) is 3.24. The van der Waals surface area contributed by atoms with E-state index in [2.05, 4.69) is 20.6 Å². The number of amidine groups is 2. The third-order valence-corrected chi connectivity index (χ3v) is 4.99. The molecule has 144 valence electrons. The minimum absolute atomic E-state index is 0.0657. The van der Waals surface area contributed by atoms with E-state index >= 15 is 0 Å². The average molecular weight is 419 g/mol. The number of anilines is 1. The first-order chi connectivity index (χ1) is 13.6. The maximum Gasteiger partial charge on any atom is 0.231 e. The molecule has 0 spiro atoms. The van der Waals surface area contributed by atoms with E-state index in [1.165, 1.54) is 23.9 Å². The number of benzene rings is 2. The predicted octanol–water partition coefficient (Wildman–Crippen LogP) is 4.73. The minimum atomic E-state index is -0.452. The molecule has 0 saturated heterocycles. The predicted molar refractivity (Wildman–Crippen MR) is 111 cm³/mol. The van der Waals surface area contributed by atoms with Crippen molar-refractivity contribution in [1.82, 2.24) is 5.32 Å². The summed E-state index contributed by atoms with van der Waals surface area (Å²) in [7, 11) is 0. The molecule has 4 rings (SSSR count). The number of nitrogens with zero attached hydrogens (tertiary/aromatic N) is 2. The van der Waals surface area contributed by atoms with Crippen LogP contribution in [0, 0.1) is 5.82 Å². The van der Waals surface area contributed by atoms with E-state index in [1.807, 2.05) is 25.1 Å². The van der Waals surface area contributed by atoms with Crippen LogP contribution in [-0.2, 0) is 6.54 Å². The molecule has 0 saturated carbocycles. The first-order valence-electron chi connectivity index (χ1n) is 8.42. The second kappa shape index (κ2) is 8.12. The van der Waals surface area contributed by atoms with Gasteiger partial charge in [-0.15, -0.1) is 0 Å². The first-order valence-corrected chi connectivity index (χ1v) is 9.62. The summed E-state index contributed by atoms with van der Waals surface area (Å²) in [4.78, 5) is 8.60. The van der Waals surface area contributed by atoms with Crippen molar-refractivity contribution in [2.75, 3.05) is 12.1 Å². The zero-order chi connectivity index (χ0) is 19.5. The monoisotopic (exact) mass is 418 g/mol. The van der Waals surface area contributed by atoms with Crippen molar-refractivity contribution < 1.29 is 13.9 Å². The summed E-state index contributed by atoms with van der Waals surface area (Å²) in [6, 6.07) is 10.3. The molecule has 2 aromatic rings. The molecule has 0 unspecified atom stereocenters. The van der Waals surface area contributed by atoms with Crippen molar-refractivity contribution in [2.24, 2.45) is 9.98 Å². The molecule has 0 bridgehead atoms. The quantitative estimate of drug-likeness (QED) is 0.734. The number of rotatable bonds is 5. The van der Waals surface area contributed by atoms with Gasteiger partial charge in [0.25, 0.3) is 0 Å². The van der Waals surface area contributed by atoms with Gasteiger partial charge in [0.2, 0.25) is 6.79 Å². The van der Waals surface area contributed by atoms with Crippen LogP contribution in [0.2, 0.25) is 5.02 Å². The van der Waals surface area contributed by atoms with E-state index in [1.54, 1.807) is 12.3 Å². The Morgan fingerprint density at radius 3 is 2.93 bits per heavy atom. The molecular formula is C19H16ClFN4O2S. The van der Waals surface area contributed by atoms with E-state index in [0.29, 0.717) is 22.6 Å². The normalized spacial score (nSPS) is 16.6. The molecule has 28 heavy (non-hydrogen) atoms. The number of thioether (sulfide) groups is 1. The lowest BCUT2D eigenvalue weighted by Crippen LogP contribution is -2.19. The SMILES string of the molecule is CC(=CN=C1N=C(Nc2ccc(F)c(Cl)c2)S1)NCc1ccc2c(c1)OCO2. The van der Waals surface area contributed by atoms with Crippen LogP contribution in [0.5, 0.6) is 11.5 Å². The number of ether oxygens (including phenoxy) is 2. The Hall–Kier alpha value is -2.71. The van der Waals surface area contributed by atoms with Gasteiger partial charge in [0.1, 0.15) is 5.82 Å². The number of allylic oxidation sites excluding steroid dienone is 1. The average Bonchev–Trinajstić information content (AvgIpc) is 3.12. The molecule has 6 nitrogen and oxygen atoms in total. The largest absolute Gasteiger partial charge is 0.454 e. The van der Waals surface area contributed by atoms with Gasteiger partial charge in [-0.3, -0.25) is 0 Å². The van der Waals surface area contributed by atoms with Gasteiger partial charge >= 0.3 is 0 Å². The van der Waals surface area contributed by atoms with Gasteiger partial charge in [-0.25, -0.2) is 9.38 Å². The fraction of sp³-hybridized carbons (Fsp3) is 0.158. The van der Waals surface area contributed by atoms with E-state index in [9.17, 15) is 4.39 Å². The highest BCUT2D eigenvalue weighted by Gasteiger charge is 2.17. The Balaban J connectivity index is 1.29. The maximum atomic E-state index is 13.2. The molecule has 9 heteroatoms. The van der Waals surface area contributed by atoms with E-state index in [-0.39, 0.29) is 11.8 Å². The lowest BCUT2D eigenvalue weighted by Gasteiger charge is -2.16. The second-order valence-electron chi connectivity index (χ2n) is 6.04. The van der Waals surface area contributed by atoms with Crippen molar-refractivity contribution in [3.05, 3.63) is 64.7 Å². The Morgan fingerprint density at radius 1 is 1.29 bits per heavy atom. The molecule has 2 aliphatic heterocycles. The van der Waals surface area contributed by atoms with Gasteiger partial charge in [0.15, 0.2) is 21.8 Å². The van der Waals surface area contributed by atoms with E-state index < -0.39 is 5.82 Å². The zero-order valence-corrected chi connectivity index (χ0v) is 16.4. The van der Waals surface area contributed by atoms with Crippen LogP contribution in [0.3, 0.4) is 0 Å². The summed E-state index contributed by atoms with van der Waals surface area (Å²) in [6.07, 6.45) is 1.73. The minimum Gasteiger partial charge on any atom is -0.454 e. The van der Waals surface area contributed by atoms with Crippen LogP contribution in [0.1, 0.15) is 12.5 Å². The van der Waals surface area contributed by atoms with Crippen molar-refractivity contribution >= 4 is 39.4 Å². The van der Waals surface area contributed by atoms with Crippen molar-refractivity contribution in [1.29, 1.82) is 0 Å². The molecular weight excluding hydrogens is 403 g/mol. The fourth-order valence-electron chi connectivity index (χ4n) is 2.48. The Morgan fingerprint density at radius 2 is 2.11 bits per heavy atom. The molecule has 0 amide bonds. The molecule has 0 atom stereocenters. The Kier molecular flexibility index (Phi) is 5.40. The van der Waals surface area contributed by atoms with Gasteiger partial charge in [-0.1, -0.05) is 17.7 Å². The molecule has 2 aromatic carbocycles. The first kappa shape index (κ1) is 18.6. The Bertz CT molecular complexity index is 1010. The topological polar surface area (TPSA) is 67.2 Å². The van der Waals surface area contributed by atoms with Crippen LogP contribution in [-0.4, -0.2) is 17.1 Å². The molecule has 2 aliphatic rings. The lowest BCUT2D eigenvalue weighted by molar-refractivity contribution is 0.174. The summed E-state index contributed by atoms with van der Waals surface area (Å²) in [5.74, 6) is 1.09. The number of halogens is 2. The summed E-state index contributed by atoms with van der Waals surface area (Å²) in [5, 5.41) is 7.73. The van der Waals surface area contributed by atoms with Gasteiger partial charge in [-0.2, -0.15) is 4.99 Å². The maximum absolute atomic E-state index is 13.2. The molecule has 2 heterocycles. The number of hydrogen-bond acceptors (Lipinski definition) is 6. The summed E-state index contributed by atoms with van der Waals surface area (Å²) in [5.41, 5.74) is 2.67. The third kappa shape index (κ3) is 4.40. The van der Waals surface area contributed by atoms with Crippen molar-refractivity contribution in [3.63, 3.8) is 0 Å². The van der Waals surface area contributed by atoms with Gasteiger partial charge in [-0.05, 0) is 54.6 Å². The second-order valence-corrected chi connectivity index (χ2v) is 7.40. The van der Waals surface area contributed by atoms with Crippen molar-refractivity contribution in [3.8, 4) is 11.5 Å². The van der Waals surface area contributed by atoms with Crippen LogP contribution < -0.4 is 20.1 Å². The van der Waals surface area contributed by atoms with Crippen LogP contribution in [0.4, 0.5) is 10.1 Å². The molecule has 0 aliphatic carbocycles. The molecule has 0 fully saturated rings. The lowest BCUT2D eigenvalue weighted by atomic mass is 10.2. The van der Waals surface area contributed by atoms with E-state index in [4.69, 9.17) is 21.1 Å².